The minimum absolute atomic E-state index is 0.0768. The molecule has 12 nitrogen and oxygen atoms in total. The van der Waals surface area contributed by atoms with Gasteiger partial charge in [0.05, 0.1) is 12.1 Å². The number of carbonyl (C=O) groups is 5. The molecular weight excluding hydrogens is 719 g/mol. The van der Waals surface area contributed by atoms with Gasteiger partial charge in [-0.25, -0.2) is 0 Å². The van der Waals surface area contributed by atoms with Crippen LogP contribution in [0.1, 0.15) is 110 Å². The second-order valence-electron chi connectivity index (χ2n) is 17.5. The Morgan fingerprint density at radius 1 is 0.702 bits per heavy atom. The largest absolute Gasteiger partial charge is 0.368 e. The Morgan fingerprint density at radius 2 is 1.30 bits per heavy atom. The van der Waals surface area contributed by atoms with Crippen LogP contribution >= 0.6 is 0 Å². The molecule has 5 amide bonds. The average molecular weight is 788 g/mol. The van der Waals surface area contributed by atoms with Gasteiger partial charge in [0.1, 0.15) is 18.1 Å². The molecule has 4 rings (SSSR count). The van der Waals surface area contributed by atoms with Crippen LogP contribution < -0.4 is 37.6 Å². The smallest absolute Gasteiger partial charge is 0.243 e. The van der Waals surface area contributed by atoms with Crippen molar-refractivity contribution in [2.24, 2.45) is 29.4 Å². The molecule has 0 bridgehead atoms. The molecule has 314 valence electrons. The predicted octanol–water partition coefficient (Wildman–Crippen LogP) is 4.04. The van der Waals surface area contributed by atoms with Crippen LogP contribution in [-0.4, -0.2) is 72.3 Å². The molecule has 1 aliphatic carbocycles. The van der Waals surface area contributed by atoms with Gasteiger partial charge in [-0.1, -0.05) is 128 Å². The van der Waals surface area contributed by atoms with Crippen LogP contribution in [0.3, 0.4) is 0 Å². The van der Waals surface area contributed by atoms with Crippen molar-refractivity contribution in [1.29, 1.82) is 0 Å². The molecule has 12 heteroatoms. The topological polar surface area (TPSA) is 184 Å². The standard InChI is InChI=1S/C45H69N7O5/c1-28(2)21-37(42(54)51-39(22-29(3)4)44(56)50-36(41(46)53)24-32-17-11-8-12-18-32)48-27-35(23-31-15-9-7-10-16-31)49-45(57)40(30(5)6)52-43(55)38-25-33-19-13-14-20-34(33)26-47-38/h8,11-14,17-20,28-31,35-40,47-48H,7,9-10,15-16,21-27H2,1-6H3,(H2,46,53)(H,49,57)(H,50,56)(H,51,54)(H,52,55)/t35-,36-,37-,38?,39-,40-/m0/s1. The molecule has 8 N–H and O–H groups in total. The maximum Gasteiger partial charge on any atom is 0.243 e. The number of nitrogens with two attached hydrogens (primary N) is 1. The zero-order valence-corrected chi connectivity index (χ0v) is 35.1. The van der Waals surface area contributed by atoms with Crippen LogP contribution in [0.25, 0.3) is 0 Å². The highest BCUT2D eigenvalue weighted by Crippen LogP contribution is 2.27. The number of hydrogen-bond donors (Lipinski definition) is 7. The molecule has 2 aromatic rings. The summed E-state index contributed by atoms with van der Waals surface area (Å²) in [7, 11) is 0. The molecule has 0 saturated heterocycles. The summed E-state index contributed by atoms with van der Waals surface area (Å²) in [4.78, 5) is 67.8. The van der Waals surface area contributed by atoms with Crippen LogP contribution in [0.4, 0.5) is 0 Å². The monoisotopic (exact) mass is 788 g/mol. The molecule has 1 fully saturated rings. The number of primary amides is 1. The van der Waals surface area contributed by atoms with Crippen molar-refractivity contribution in [3.63, 3.8) is 0 Å². The van der Waals surface area contributed by atoms with Gasteiger partial charge in [0.25, 0.3) is 0 Å². The van der Waals surface area contributed by atoms with Crippen molar-refractivity contribution < 1.29 is 24.0 Å². The highest BCUT2D eigenvalue weighted by atomic mass is 16.2. The van der Waals surface area contributed by atoms with Gasteiger partial charge in [-0.2, -0.15) is 0 Å². The third kappa shape index (κ3) is 14.9. The summed E-state index contributed by atoms with van der Waals surface area (Å²) in [6.45, 7) is 12.8. The molecular formula is C45H69N7O5. The van der Waals surface area contributed by atoms with Gasteiger partial charge in [-0.15, -0.1) is 0 Å². The van der Waals surface area contributed by atoms with Gasteiger partial charge in [-0.3, -0.25) is 24.0 Å². The molecule has 57 heavy (non-hydrogen) atoms. The lowest BCUT2D eigenvalue weighted by Gasteiger charge is -2.32. The summed E-state index contributed by atoms with van der Waals surface area (Å²) in [5.74, 6) is -1.35. The van der Waals surface area contributed by atoms with E-state index in [1.54, 1.807) is 0 Å². The minimum Gasteiger partial charge on any atom is -0.368 e. The highest BCUT2D eigenvalue weighted by molar-refractivity contribution is 5.93. The van der Waals surface area contributed by atoms with Crippen molar-refractivity contribution in [3.05, 3.63) is 71.3 Å². The number of fused-ring (bicyclic) bond motifs is 1. The van der Waals surface area contributed by atoms with Crippen LogP contribution in [0.5, 0.6) is 0 Å². The van der Waals surface area contributed by atoms with Crippen LogP contribution in [0, 0.1) is 23.7 Å². The molecule has 0 radical (unpaired) electrons. The number of benzene rings is 2. The Hall–Kier alpha value is -4.29. The van der Waals surface area contributed by atoms with E-state index in [1.807, 2.05) is 90.1 Å². The minimum atomic E-state index is -0.935. The van der Waals surface area contributed by atoms with Crippen LogP contribution in [0.15, 0.2) is 54.6 Å². The van der Waals surface area contributed by atoms with E-state index < -0.39 is 42.0 Å². The first-order valence-electron chi connectivity index (χ1n) is 21.3. The first-order valence-corrected chi connectivity index (χ1v) is 21.3. The summed E-state index contributed by atoms with van der Waals surface area (Å²) in [5.41, 5.74) is 8.88. The lowest BCUT2D eigenvalue weighted by molar-refractivity contribution is -0.132. The molecule has 6 atom stereocenters. The Kier molecular flexibility index (Phi) is 18.0. The maximum atomic E-state index is 14.1. The van der Waals surface area contributed by atoms with E-state index in [-0.39, 0.29) is 47.9 Å². The van der Waals surface area contributed by atoms with Crippen molar-refractivity contribution in [3.8, 4) is 0 Å². The fourth-order valence-electron chi connectivity index (χ4n) is 8.10. The number of carbonyl (C=O) groups excluding carboxylic acids is 5. The summed E-state index contributed by atoms with van der Waals surface area (Å²) in [6.07, 6.45) is 8.11. The molecule has 1 aliphatic heterocycles. The Labute approximate surface area is 340 Å². The van der Waals surface area contributed by atoms with Gasteiger partial charge in [0.2, 0.25) is 29.5 Å². The summed E-state index contributed by atoms with van der Waals surface area (Å²) < 4.78 is 0. The van der Waals surface area contributed by atoms with Crippen LogP contribution in [-0.2, 0) is 43.4 Å². The summed E-state index contributed by atoms with van der Waals surface area (Å²) in [6, 6.07) is 13.5. The Bertz CT molecular complexity index is 1610. The maximum absolute atomic E-state index is 14.1. The first-order chi connectivity index (χ1) is 27.2. The molecule has 1 unspecified atom stereocenters. The first kappa shape index (κ1) is 45.4. The van der Waals surface area contributed by atoms with E-state index in [2.05, 4.69) is 38.0 Å². The molecule has 2 aliphatic rings. The zero-order valence-electron chi connectivity index (χ0n) is 35.1. The van der Waals surface area contributed by atoms with Crippen molar-refractivity contribution >= 4 is 29.5 Å². The third-order valence-corrected chi connectivity index (χ3v) is 11.3. The molecule has 1 saturated carbocycles. The van der Waals surface area contributed by atoms with Gasteiger partial charge in [0, 0.05) is 25.6 Å². The van der Waals surface area contributed by atoms with Gasteiger partial charge < -0.3 is 37.6 Å². The predicted molar refractivity (Wildman–Crippen MR) is 225 cm³/mol. The van der Waals surface area contributed by atoms with Gasteiger partial charge in [0.15, 0.2) is 0 Å². The molecule has 0 spiro atoms. The Morgan fingerprint density at radius 3 is 1.93 bits per heavy atom. The second kappa shape index (κ2) is 22.6. The summed E-state index contributed by atoms with van der Waals surface area (Å²) >= 11 is 0. The van der Waals surface area contributed by atoms with E-state index in [0.29, 0.717) is 38.3 Å². The number of rotatable bonds is 21. The number of nitrogens with one attached hydrogen (secondary N) is 6. The lowest BCUT2D eigenvalue weighted by Crippen LogP contribution is -2.59. The van der Waals surface area contributed by atoms with E-state index >= 15 is 0 Å². The zero-order chi connectivity index (χ0) is 41.5. The molecule has 1 heterocycles. The average Bonchev–Trinajstić information content (AvgIpc) is 3.17. The van der Waals surface area contributed by atoms with Crippen molar-refractivity contribution in [1.82, 2.24) is 31.9 Å². The number of hydrogen-bond acceptors (Lipinski definition) is 7. The van der Waals surface area contributed by atoms with Crippen molar-refractivity contribution in [2.45, 2.75) is 149 Å². The highest BCUT2D eigenvalue weighted by Gasteiger charge is 2.33. The van der Waals surface area contributed by atoms with E-state index in [1.165, 1.54) is 12.0 Å². The summed E-state index contributed by atoms with van der Waals surface area (Å²) in [5, 5.41) is 18.9. The normalized spacial score (nSPS) is 18.5. The quantitative estimate of drug-likeness (QED) is 0.0997. The van der Waals surface area contributed by atoms with Crippen molar-refractivity contribution in [2.75, 3.05) is 6.54 Å². The lowest BCUT2D eigenvalue weighted by atomic mass is 9.84. The van der Waals surface area contributed by atoms with Gasteiger partial charge >= 0.3 is 0 Å². The van der Waals surface area contributed by atoms with E-state index in [4.69, 9.17) is 5.73 Å². The fraction of sp³-hybridized carbons (Fsp3) is 0.622. The fourth-order valence-corrected chi connectivity index (χ4v) is 8.10. The number of amides is 5. The molecule has 0 aromatic heterocycles. The van der Waals surface area contributed by atoms with E-state index in [9.17, 15) is 24.0 Å². The SMILES string of the molecule is CC(C)C[C@H](NC[C@H](CC1CCCCC1)NC(=O)[C@@H](NC(=O)C1Cc2ccccc2CN1)C(C)C)C(=O)N[C@@H](CC(C)C)C(=O)N[C@@H](Cc1ccccc1)C(N)=O. The van der Waals surface area contributed by atoms with Crippen LogP contribution in [0.2, 0.25) is 0 Å². The second-order valence-corrected chi connectivity index (χ2v) is 17.5. The molecule has 2 aromatic carbocycles. The Balaban J connectivity index is 1.45. The van der Waals surface area contributed by atoms with Gasteiger partial charge in [-0.05, 0) is 66.0 Å². The third-order valence-electron chi connectivity index (χ3n) is 11.3. The van der Waals surface area contributed by atoms with E-state index in [0.717, 1.165) is 43.2 Å².